The van der Waals surface area contributed by atoms with Gasteiger partial charge >= 0.3 is 0 Å². The lowest BCUT2D eigenvalue weighted by Gasteiger charge is -2.36. The molecule has 0 N–H and O–H groups in total. The zero-order valence-electron chi connectivity index (χ0n) is 15.2. The second kappa shape index (κ2) is 7.78. The van der Waals surface area contributed by atoms with Crippen molar-refractivity contribution in [2.75, 3.05) is 26.2 Å². The first-order valence-electron chi connectivity index (χ1n) is 9.07. The summed E-state index contributed by atoms with van der Waals surface area (Å²) in [6.07, 6.45) is 1.76. The predicted octanol–water partition coefficient (Wildman–Crippen LogP) is 2.71. The van der Waals surface area contributed by atoms with E-state index in [0.29, 0.717) is 19.0 Å². The molecule has 1 saturated heterocycles. The molecular formula is C19H26N4O2. The van der Waals surface area contributed by atoms with Crippen LogP contribution in [0.5, 0.6) is 0 Å². The van der Waals surface area contributed by atoms with Crippen LogP contribution in [0.1, 0.15) is 54.4 Å². The maximum absolute atomic E-state index is 12.7. The van der Waals surface area contributed by atoms with Gasteiger partial charge in [0, 0.05) is 38.2 Å². The molecule has 2 heterocycles. The second-order valence-corrected chi connectivity index (χ2v) is 6.46. The van der Waals surface area contributed by atoms with E-state index in [4.69, 9.17) is 4.52 Å². The lowest BCUT2D eigenvalue weighted by atomic mass is 10.1. The standard InChI is InChI=1S/C19H26N4O2/c1-4-15-6-8-16(9-7-15)19(24)23-12-10-22(11-13-23)14(3)18-20-17(5-2)21-25-18/h6-9,14H,4-5,10-13H2,1-3H3/t14-/m0/s1. The summed E-state index contributed by atoms with van der Waals surface area (Å²) >= 11 is 0. The smallest absolute Gasteiger partial charge is 0.253 e. The van der Waals surface area contributed by atoms with Gasteiger partial charge in [-0.2, -0.15) is 4.98 Å². The maximum Gasteiger partial charge on any atom is 0.253 e. The van der Waals surface area contributed by atoms with Gasteiger partial charge in [0.15, 0.2) is 5.82 Å². The monoisotopic (exact) mass is 342 g/mol. The molecular weight excluding hydrogens is 316 g/mol. The van der Waals surface area contributed by atoms with Crippen molar-refractivity contribution in [3.05, 3.63) is 47.1 Å². The van der Waals surface area contributed by atoms with E-state index in [9.17, 15) is 4.79 Å². The highest BCUT2D eigenvalue weighted by molar-refractivity contribution is 5.94. The molecule has 1 fully saturated rings. The third-order valence-electron chi connectivity index (χ3n) is 4.92. The van der Waals surface area contributed by atoms with Gasteiger partial charge in [0.05, 0.1) is 6.04 Å². The summed E-state index contributed by atoms with van der Waals surface area (Å²) < 4.78 is 5.35. The minimum atomic E-state index is 0.0777. The van der Waals surface area contributed by atoms with E-state index in [1.807, 2.05) is 36.1 Å². The van der Waals surface area contributed by atoms with Gasteiger partial charge in [-0.3, -0.25) is 9.69 Å². The third kappa shape index (κ3) is 3.90. The summed E-state index contributed by atoms with van der Waals surface area (Å²) in [7, 11) is 0. The van der Waals surface area contributed by atoms with Crippen LogP contribution in [-0.4, -0.2) is 52.0 Å². The number of hydrogen-bond acceptors (Lipinski definition) is 5. The molecule has 6 nitrogen and oxygen atoms in total. The van der Waals surface area contributed by atoms with Crippen molar-refractivity contribution in [2.24, 2.45) is 0 Å². The highest BCUT2D eigenvalue weighted by atomic mass is 16.5. The first-order chi connectivity index (χ1) is 12.1. The van der Waals surface area contributed by atoms with Crippen LogP contribution < -0.4 is 0 Å². The number of hydrogen-bond donors (Lipinski definition) is 0. The number of carbonyl (C=O) groups is 1. The van der Waals surface area contributed by atoms with E-state index < -0.39 is 0 Å². The SMILES string of the molecule is CCc1ccc(C(=O)N2CCN([C@@H](C)c3nc(CC)no3)CC2)cc1. The van der Waals surface area contributed by atoms with Crippen molar-refractivity contribution in [1.29, 1.82) is 0 Å². The Morgan fingerprint density at radius 1 is 1.12 bits per heavy atom. The Hall–Kier alpha value is -2.21. The molecule has 25 heavy (non-hydrogen) atoms. The third-order valence-corrected chi connectivity index (χ3v) is 4.92. The van der Waals surface area contributed by atoms with Crippen LogP contribution >= 0.6 is 0 Å². The number of rotatable bonds is 5. The van der Waals surface area contributed by atoms with Crippen LogP contribution in [0.4, 0.5) is 0 Å². The van der Waals surface area contributed by atoms with Gasteiger partial charge in [-0.05, 0) is 31.0 Å². The number of aryl methyl sites for hydroxylation is 2. The summed E-state index contributed by atoms with van der Waals surface area (Å²) in [6.45, 7) is 9.25. The lowest BCUT2D eigenvalue weighted by Crippen LogP contribution is -2.49. The van der Waals surface area contributed by atoms with Gasteiger partial charge in [-0.1, -0.05) is 31.1 Å². The molecule has 0 saturated carbocycles. The quantitative estimate of drug-likeness (QED) is 0.836. The zero-order valence-corrected chi connectivity index (χ0v) is 15.2. The Morgan fingerprint density at radius 3 is 2.36 bits per heavy atom. The van der Waals surface area contributed by atoms with Crippen LogP contribution in [0, 0.1) is 0 Å². The molecule has 1 amide bonds. The number of benzene rings is 1. The Morgan fingerprint density at radius 2 is 1.80 bits per heavy atom. The van der Waals surface area contributed by atoms with Gasteiger partial charge in [0.1, 0.15) is 0 Å². The molecule has 6 heteroatoms. The molecule has 0 radical (unpaired) electrons. The molecule has 1 aromatic carbocycles. The van der Waals surface area contributed by atoms with Crippen molar-refractivity contribution < 1.29 is 9.32 Å². The number of carbonyl (C=O) groups excluding carboxylic acids is 1. The molecule has 1 atom stereocenters. The average Bonchev–Trinajstić information content (AvgIpc) is 3.16. The Labute approximate surface area is 148 Å². The second-order valence-electron chi connectivity index (χ2n) is 6.46. The van der Waals surface area contributed by atoms with E-state index >= 15 is 0 Å². The van der Waals surface area contributed by atoms with Crippen molar-refractivity contribution in [2.45, 2.75) is 39.7 Å². The fraction of sp³-hybridized carbons (Fsp3) is 0.526. The van der Waals surface area contributed by atoms with Gasteiger partial charge < -0.3 is 9.42 Å². The molecule has 134 valence electrons. The van der Waals surface area contributed by atoms with Crippen LogP contribution in [0.25, 0.3) is 0 Å². The first-order valence-corrected chi connectivity index (χ1v) is 9.07. The minimum absolute atomic E-state index is 0.0777. The Balaban J connectivity index is 1.58. The number of amides is 1. The summed E-state index contributed by atoms with van der Waals surface area (Å²) in [5.41, 5.74) is 2.02. The van der Waals surface area contributed by atoms with Gasteiger partial charge in [-0.25, -0.2) is 0 Å². The first kappa shape index (κ1) is 17.6. The molecule has 3 rings (SSSR count). The summed E-state index contributed by atoms with van der Waals surface area (Å²) in [6, 6.07) is 8.01. The number of piperazine rings is 1. The van der Waals surface area contributed by atoms with Gasteiger partial charge in [0.2, 0.25) is 5.89 Å². The highest BCUT2D eigenvalue weighted by Gasteiger charge is 2.27. The Kier molecular flexibility index (Phi) is 5.48. The van der Waals surface area contributed by atoms with E-state index in [0.717, 1.165) is 37.3 Å². The molecule has 0 unspecified atom stereocenters. The molecule has 1 aliphatic rings. The van der Waals surface area contributed by atoms with Gasteiger partial charge in [-0.15, -0.1) is 0 Å². The van der Waals surface area contributed by atoms with E-state index in [-0.39, 0.29) is 11.9 Å². The highest BCUT2D eigenvalue weighted by Crippen LogP contribution is 2.21. The average molecular weight is 342 g/mol. The van der Waals surface area contributed by atoms with Crippen LogP contribution in [-0.2, 0) is 12.8 Å². The zero-order chi connectivity index (χ0) is 17.8. The van der Waals surface area contributed by atoms with Crippen molar-refractivity contribution in [3.63, 3.8) is 0 Å². The maximum atomic E-state index is 12.7. The van der Waals surface area contributed by atoms with Crippen LogP contribution in [0.3, 0.4) is 0 Å². The predicted molar refractivity (Wildman–Crippen MR) is 95.4 cm³/mol. The molecule has 0 bridgehead atoms. The molecule has 2 aromatic rings. The number of aromatic nitrogens is 2. The lowest BCUT2D eigenvalue weighted by molar-refractivity contribution is 0.0551. The topological polar surface area (TPSA) is 62.5 Å². The van der Waals surface area contributed by atoms with E-state index in [1.165, 1.54) is 5.56 Å². The van der Waals surface area contributed by atoms with Crippen LogP contribution in [0.2, 0.25) is 0 Å². The molecule has 1 aromatic heterocycles. The van der Waals surface area contributed by atoms with Crippen molar-refractivity contribution in [3.8, 4) is 0 Å². The fourth-order valence-electron chi connectivity index (χ4n) is 3.11. The van der Waals surface area contributed by atoms with Gasteiger partial charge in [0.25, 0.3) is 5.91 Å². The summed E-state index contributed by atoms with van der Waals surface area (Å²) in [4.78, 5) is 21.3. The Bertz CT molecular complexity index is 702. The number of nitrogens with zero attached hydrogens (tertiary/aromatic N) is 4. The molecule has 1 aliphatic heterocycles. The molecule has 0 aliphatic carbocycles. The fourth-order valence-corrected chi connectivity index (χ4v) is 3.11. The normalized spacial score (nSPS) is 16.8. The summed E-state index contributed by atoms with van der Waals surface area (Å²) in [5.74, 6) is 1.51. The van der Waals surface area contributed by atoms with E-state index in [2.05, 4.69) is 28.9 Å². The minimum Gasteiger partial charge on any atom is -0.338 e. The molecule has 0 spiro atoms. The van der Waals surface area contributed by atoms with E-state index in [1.54, 1.807) is 0 Å². The van der Waals surface area contributed by atoms with Crippen molar-refractivity contribution in [1.82, 2.24) is 19.9 Å². The van der Waals surface area contributed by atoms with Crippen LogP contribution in [0.15, 0.2) is 28.8 Å². The largest absolute Gasteiger partial charge is 0.338 e. The van der Waals surface area contributed by atoms with Crippen molar-refractivity contribution >= 4 is 5.91 Å². The summed E-state index contributed by atoms with van der Waals surface area (Å²) in [5, 5.41) is 3.97.